The summed E-state index contributed by atoms with van der Waals surface area (Å²) in [6.45, 7) is 2.24. The van der Waals surface area contributed by atoms with Gasteiger partial charge in [0.05, 0.1) is 13.2 Å². The first-order valence-electron chi connectivity index (χ1n) is 6.68. The zero-order valence-corrected chi connectivity index (χ0v) is 11.4. The Labute approximate surface area is 113 Å². The van der Waals surface area contributed by atoms with Crippen LogP contribution >= 0.6 is 0 Å². The molecule has 4 heteroatoms. The van der Waals surface area contributed by atoms with Crippen molar-refractivity contribution < 1.29 is 19.4 Å². The van der Waals surface area contributed by atoms with Crippen LogP contribution in [0.1, 0.15) is 43.0 Å². The third kappa shape index (κ3) is 3.40. The smallest absolute Gasteiger partial charge is 0.339 e. The molecular weight excluding hydrogens is 244 g/mol. The normalized spacial score (nSPS) is 22.8. The van der Waals surface area contributed by atoms with Crippen LogP contribution in [0.15, 0.2) is 18.2 Å². The van der Waals surface area contributed by atoms with Crippen molar-refractivity contribution in [1.82, 2.24) is 0 Å². The number of benzene rings is 1. The summed E-state index contributed by atoms with van der Waals surface area (Å²) in [4.78, 5) is 11.2. The van der Waals surface area contributed by atoms with Gasteiger partial charge in [-0.25, -0.2) is 4.79 Å². The van der Waals surface area contributed by atoms with Gasteiger partial charge in [-0.15, -0.1) is 0 Å². The molecule has 0 aliphatic heterocycles. The standard InChI is InChI=1S/C15H20O4/c1-10-3-5-11(6-4-10)19-14-8-7-12(18-2)9-13(14)15(16)17/h7-11H,3-6H2,1-2H3,(H,16,17). The van der Waals surface area contributed by atoms with E-state index in [1.54, 1.807) is 12.1 Å². The molecule has 0 spiro atoms. The summed E-state index contributed by atoms with van der Waals surface area (Å²) in [6, 6.07) is 4.91. The molecule has 2 rings (SSSR count). The van der Waals surface area contributed by atoms with Gasteiger partial charge in [0.15, 0.2) is 0 Å². The second kappa shape index (κ2) is 5.95. The van der Waals surface area contributed by atoms with Gasteiger partial charge in [0, 0.05) is 0 Å². The predicted octanol–water partition coefficient (Wildman–Crippen LogP) is 3.35. The highest BCUT2D eigenvalue weighted by Crippen LogP contribution is 2.30. The van der Waals surface area contributed by atoms with Crippen LogP contribution < -0.4 is 9.47 Å². The van der Waals surface area contributed by atoms with Gasteiger partial charge in [-0.05, 0) is 49.8 Å². The molecule has 1 aliphatic carbocycles. The van der Waals surface area contributed by atoms with Gasteiger partial charge in [0.25, 0.3) is 0 Å². The summed E-state index contributed by atoms with van der Waals surface area (Å²) in [7, 11) is 1.52. The second-order valence-corrected chi connectivity index (χ2v) is 5.17. The molecule has 0 heterocycles. The predicted molar refractivity (Wildman–Crippen MR) is 72.0 cm³/mol. The molecule has 1 fully saturated rings. The Kier molecular flexibility index (Phi) is 4.30. The largest absolute Gasteiger partial charge is 0.497 e. The van der Waals surface area contributed by atoms with Crippen LogP contribution in [0.5, 0.6) is 11.5 Å². The molecule has 1 aromatic rings. The van der Waals surface area contributed by atoms with Crippen LogP contribution in [0.25, 0.3) is 0 Å². The maximum Gasteiger partial charge on any atom is 0.339 e. The average Bonchev–Trinajstić information content (AvgIpc) is 2.41. The van der Waals surface area contributed by atoms with Crippen molar-refractivity contribution in [2.45, 2.75) is 38.7 Å². The molecule has 1 aliphatic rings. The van der Waals surface area contributed by atoms with E-state index in [-0.39, 0.29) is 11.7 Å². The third-order valence-corrected chi connectivity index (χ3v) is 3.67. The van der Waals surface area contributed by atoms with Crippen molar-refractivity contribution in [2.75, 3.05) is 7.11 Å². The van der Waals surface area contributed by atoms with Crippen LogP contribution in [0.3, 0.4) is 0 Å². The van der Waals surface area contributed by atoms with Crippen LogP contribution in [0.2, 0.25) is 0 Å². The molecule has 104 valence electrons. The molecule has 0 atom stereocenters. The van der Waals surface area contributed by atoms with E-state index in [0.717, 1.165) is 31.6 Å². The molecule has 1 aromatic carbocycles. The lowest BCUT2D eigenvalue weighted by Crippen LogP contribution is -2.23. The first-order chi connectivity index (χ1) is 9.10. The highest BCUT2D eigenvalue weighted by Gasteiger charge is 2.22. The van der Waals surface area contributed by atoms with E-state index in [1.165, 1.54) is 13.2 Å². The minimum atomic E-state index is -0.988. The molecule has 4 nitrogen and oxygen atoms in total. The fourth-order valence-electron chi connectivity index (χ4n) is 2.43. The maximum atomic E-state index is 11.2. The summed E-state index contributed by atoms with van der Waals surface area (Å²) in [5, 5.41) is 9.22. The van der Waals surface area contributed by atoms with Gasteiger partial charge >= 0.3 is 5.97 Å². The lowest BCUT2D eigenvalue weighted by atomic mass is 9.89. The molecular formula is C15H20O4. The molecule has 1 N–H and O–H groups in total. The van der Waals surface area contributed by atoms with E-state index < -0.39 is 5.97 Å². The van der Waals surface area contributed by atoms with Crippen molar-refractivity contribution in [3.63, 3.8) is 0 Å². The number of ether oxygens (including phenoxy) is 2. The van der Waals surface area contributed by atoms with Crippen molar-refractivity contribution >= 4 is 5.97 Å². The molecule has 0 bridgehead atoms. The number of aromatic carboxylic acids is 1. The molecule has 19 heavy (non-hydrogen) atoms. The number of carboxylic acids is 1. The number of carboxylic acid groups (broad SMARTS) is 1. The van der Waals surface area contributed by atoms with Crippen molar-refractivity contribution in [1.29, 1.82) is 0 Å². The highest BCUT2D eigenvalue weighted by atomic mass is 16.5. The monoisotopic (exact) mass is 264 g/mol. The maximum absolute atomic E-state index is 11.2. The fraction of sp³-hybridized carbons (Fsp3) is 0.533. The molecule has 0 unspecified atom stereocenters. The third-order valence-electron chi connectivity index (χ3n) is 3.67. The Hall–Kier alpha value is -1.71. The minimum Gasteiger partial charge on any atom is -0.497 e. The first kappa shape index (κ1) is 13.7. The van der Waals surface area contributed by atoms with Gasteiger partial charge < -0.3 is 14.6 Å². The van der Waals surface area contributed by atoms with Gasteiger partial charge in [-0.2, -0.15) is 0 Å². The number of methoxy groups -OCH3 is 1. The fourth-order valence-corrected chi connectivity index (χ4v) is 2.43. The average molecular weight is 264 g/mol. The highest BCUT2D eigenvalue weighted by molar-refractivity contribution is 5.91. The quantitative estimate of drug-likeness (QED) is 0.906. The number of hydrogen-bond acceptors (Lipinski definition) is 3. The Bertz CT molecular complexity index is 447. The van der Waals surface area contributed by atoms with E-state index in [2.05, 4.69) is 6.92 Å². The molecule has 0 amide bonds. The van der Waals surface area contributed by atoms with Crippen molar-refractivity contribution in [3.8, 4) is 11.5 Å². The summed E-state index contributed by atoms with van der Waals surface area (Å²) in [5.74, 6) is 0.725. The first-order valence-corrected chi connectivity index (χ1v) is 6.68. The van der Waals surface area contributed by atoms with Crippen LogP contribution in [0.4, 0.5) is 0 Å². The number of rotatable bonds is 4. The van der Waals surface area contributed by atoms with Crippen molar-refractivity contribution in [3.05, 3.63) is 23.8 Å². The van der Waals surface area contributed by atoms with Crippen LogP contribution in [-0.2, 0) is 0 Å². The van der Waals surface area contributed by atoms with E-state index >= 15 is 0 Å². The van der Waals surface area contributed by atoms with Gasteiger partial charge in [0.2, 0.25) is 0 Å². The van der Waals surface area contributed by atoms with E-state index in [4.69, 9.17) is 9.47 Å². The SMILES string of the molecule is COc1ccc(OC2CCC(C)CC2)c(C(=O)O)c1. The molecule has 0 saturated heterocycles. The Balaban J connectivity index is 2.13. The lowest BCUT2D eigenvalue weighted by Gasteiger charge is -2.27. The topological polar surface area (TPSA) is 55.8 Å². The summed E-state index contributed by atoms with van der Waals surface area (Å²) in [6.07, 6.45) is 4.40. The second-order valence-electron chi connectivity index (χ2n) is 5.17. The van der Waals surface area contributed by atoms with Gasteiger partial charge in [-0.3, -0.25) is 0 Å². The van der Waals surface area contributed by atoms with Gasteiger partial charge in [-0.1, -0.05) is 6.92 Å². The lowest BCUT2D eigenvalue weighted by molar-refractivity contribution is 0.0683. The van der Waals surface area contributed by atoms with Gasteiger partial charge in [0.1, 0.15) is 17.1 Å². The zero-order chi connectivity index (χ0) is 13.8. The number of hydrogen-bond donors (Lipinski definition) is 1. The summed E-state index contributed by atoms with van der Waals surface area (Å²) < 4.78 is 10.9. The summed E-state index contributed by atoms with van der Waals surface area (Å²) >= 11 is 0. The molecule has 1 saturated carbocycles. The number of carbonyl (C=O) groups is 1. The van der Waals surface area contributed by atoms with Crippen molar-refractivity contribution in [2.24, 2.45) is 5.92 Å². The van der Waals surface area contributed by atoms with Crippen LogP contribution in [0, 0.1) is 5.92 Å². The van der Waals surface area contributed by atoms with E-state index in [1.807, 2.05) is 0 Å². The Morgan fingerprint density at radius 3 is 2.53 bits per heavy atom. The molecule has 0 aromatic heterocycles. The van der Waals surface area contributed by atoms with Crippen LogP contribution in [-0.4, -0.2) is 24.3 Å². The Morgan fingerprint density at radius 1 is 1.26 bits per heavy atom. The Morgan fingerprint density at radius 2 is 1.95 bits per heavy atom. The summed E-state index contributed by atoms with van der Waals surface area (Å²) in [5.41, 5.74) is 0.165. The minimum absolute atomic E-state index is 0.127. The van der Waals surface area contributed by atoms with E-state index in [0.29, 0.717) is 11.5 Å². The molecule has 0 radical (unpaired) electrons. The van der Waals surface area contributed by atoms with E-state index in [9.17, 15) is 9.90 Å². The zero-order valence-electron chi connectivity index (χ0n) is 11.4.